The van der Waals surface area contributed by atoms with E-state index in [0.29, 0.717) is 12.2 Å². The monoisotopic (exact) mass is 245 g/mol. The van der Waals surface area contributed by atoms with Gasteiger partial charge in [-0.3, -0.25) is 9.89 Å². The summed E-state index contributed by atoms with van der Waals surface area (Å²) in [6.45, 7) is 7.03. The molecule has 1 heterocycles. The van der Waals surface area contributed by atoms with Gasteiger partial charge in [0.25, 0.3) is 5.91 Å². The van der Waals surface area contributed by atoms with E-state index in [2.05, 4.69) is 31.0 Å². The van der Waals surface area contributed by atoms with E-state index in [9.17, 15) is 4.79 Å². The third kappa shape index (κ3) is 2.53. The predicted molar refractivity (Wildman–Crippen MR) is 72.5 cm³/mol. The minimum Gasteiger partial charge on any atom is -0.340 e. The van der Waals surface area contributed by atoms with Gasteiger partial charge in [-0.2, -0.15) is 5.10 Å². The lowest BCUT2D eigenvalue weighted by molar-refractivity contribution is 0.0741. The quantitative estimate of drug-likeness (QED) is 0.884. The second-order valence-corrected chi connectivity index (χ2v) is 5.84. The van der Waals surface area contributed by atoms with Crippen molar-refractivity contribution in [3.05, 3.63) is 30.0 Å². The number of rotatable bonds is 2. The average molecular weight is 245 g/mol. The van der Waals surface area contributed by atoms with Crippen LogP contribution in [0.25, 0.3) is 10.9 Å². The Labute approximate surface area is 107 Å². The molecule has 0 saturated carbocycles. The van der Waals surface area contributed by atoms with E-state index in [1.165, 1.54) is 0 Å². The first-order valence-corrected chi connectivity index (χ1v) is 6.07. The SMILES string of the molecule is CN(CC(C)(C)C)C(=O)c1n[nH]c2ccccc12. The Morgan fingerprint density at radius 1 is 1.33 bits per heavy atom. The van der Waals surface area contributed by atoms with Gasteiger partial charge in [0, 0.05) is 19.0 Å². The van der Waals surface area contributed by atoms with Crippen molar-refractivity contribution in [1.82, 2.24) is 15.1 Å². The predicted octanol–water partition coefficient (Wildman–Crippen LogP) is 2.68. The molecule has 0 unspecified atom stereocenters. The van der Waals surface area contributed by atoms with E-state index in [0.717, 1.165) is 10.9 Å². The number of amides is 1. The van der Waals surface area contributed by atoms with Crippen LogP contribution in [-0.4, -0.2) is 34.6 Å². The van der Waals surface area contributed by atoms with Crippen molar-refractivity contribution < 1.29 is 4.79 Å². The number of nitrogens with zero attached hydrogens (tertiary/aromatic N) is 2. The molecule has 4 heteroatoms. The molecular formula is C14H19N3O. The number of H-pyrrole nitrogens is 1. The third-order valence-corrected chi connectivity index (χ3v) is 2.73. The standard InChI is InChI=1S/C14H19N3O/c1-14(2,3)9-17(4)13(18)12-10-7-5-6-8-11(10)15-16-12/h5-8H,9H2,1-4H3,(H,15,16). The molecule has 1 aromatic heterocycles. The van der Waals surface area contributed by atoms with E-state index >= 15 is 0 Å². The summed E-state index contributed by atoms with van der Waals surface area (Å²) in [5, 5.41) is 7.90. The lowest BCUT2D eigenvalue weighted by Gasteiger charge is -2.26. The molecule has 1 aromatic carbocycles. The Morgan fingerprint density at radius 2 is 2.00 bits per heavy atom. The van der Waals surface area contributed by atoms with E-state index in [1.807, 2.05) is 31.3 Å². The van der Waals surface area contributed by atoms with Crippen LogP contribution in [0.2, 0.25) is 0 Å². The van der Waals surface area contributed by atoms with Gasteiger partial charge >= 0.3 is 0 Å². The van der Waals surface area contributed by atoms with Crippen LogP contribution in [0.4, 0.5) is 0 Å². The van der Waals surface area contributed by atoms with E-state index in [4.69, 9.17) is 0 Å². The molecule has 0 fully saturated rings. The van der Waals surface area contributed by atoms with Crippen molar-refractivity contribution in [2.24, 2.45) is 5.41 Å². The van der Waals surface area contributed by atoms with Gasteiger partial charge in [0.2, 0.25) is 0 Å². The maximum atomic E-state index is 12.3. The Kier molecular flexibility index (Phi) is 3.11. The van der Waals surface area contributed by atoms with Crippen LogP contribution in [0.5, 0.6) is 0 Å². The summed E-state index contributed by atoms with van der Waals surface area (Å²) in [7, 11) is 1.82. The van der Waals surface area contributed by atoms with Crippen LogP contribution in [0.15, 0.2) is 24.3 Å². The van der Waals surface area contributed by atoms with Crippen molar-refractivity contribution in [2.45, 2.75) is 20.8 Å². The second kappa shape index (κ2) is 4.44. The average Bonchev–Trinajstić information content (AvgIpc) is 2.69. The summed E-state index contributed by atoms with van der Waals surface area (Å²) in [4.78, 5) is 14.1. The zero-order chi connectivity index (χ0) is 13.3. The number of carbonyl (C=O) groups is 1. The minimum atomic E-state index is -0.0395. The number of carbonyl (C=O) groups excluding carboxylic acids is 1. The highest BCUT2D eigenvalue weighted by Crippen LogP contribution is 2.19. The van der Waals surface area contributed by atoms with Crippen LogP contribution in [0, 0.1) is 5.41 Å². The number of aromatic amines is 1. The van der Waals surface area contributed by atoms with Crippen LogP contribution >= 0.6 is 0 Å². The van der Waals surface area contributed by atoms with Crippen molar-refractivity contribution >= 4 is 16.8 Å². The normalized spacial score (nSPS) is 11.8. The number of aromatic nitrogens is 2. The molecule has 0 aliphatic rings. The first-order valence-electron chi connectivity index (χ1n) is 6.07. The first kappa shape index (κ1) is 12.6. The molecule has 2 aromatic rings. The molecule has 0 radical (unpaired) electrons. The molecule has 4 nitrogen and oxygen atoms in total. The highest BCUT2D eigenvalue weighted by atomic mass is 16.2. The molecule has 1 N–H and O–H groups in total. The molecule has 0 aliphatic heterocycles. The summed E-state index contributed by atoms with van der Waals surface area (Å²) in [5.74, 6) is -0.0395. The van der Waals surface area contributed by atoms with Crippen LogP contribution in [0.3, 0.4) is 0 Å². The van der Waals surface area contributed by atoms with Crippen molar-refractivity contribution in [2.75, 3.05) is 13.6 Å². The van der Waals surface area contributed by atoms with E-state index in [-0.39, 0.29) is 11.3 Å². The maximum absolute atomic E-state index is 12.3. The van der Waals surface area contributed by atoms with Crippen molar-refractivity contribution in [1.29, 1.82) is 0 Å². The van der Waals surface area contributed by atoms with Gasteiger partial charge in [0.05, 0.1) is 5.52 Å². The Bertz CT molecular complexity index is 566. The highest BCUT2D eigenvalue weighted by molar-refractivity contribution is 6.04. The highest BCUT2D eigenvalue weighted by Gasteiger charge is 2.22. The van der Waals surface area contributed by atoms with Gasteiger partial charge in [-0.1, -0.05) is 39.0 Å². The van der Waals surface area contributed by atoms with Gasteiger partial charge in [0.15, 0.2) is 5.69 Å². The number of fused-ring (bicyclic) bond motifs is 1. The molecule has 0 aliphatic carbocycles. The molecule has 0 atom stereocenters. The van der Waals surface area contributed by atoms with Gasteiger partial charge in [-0.05, 0) is 11.5 Å². The van der Waals surface area contributed by atoms with E-state index < -0.39 is 0 Å². The fourth-order valence-corrected chi connectivity index (χ4v) is 2.09. The second-order valence-electron chi connectivity index (χ2n) is 5.84. The molecule has 18 heavy (non-hydrogen) atoms. The summed E-state index contributed by atoms with van der Waals surface area (Å²) in [5.41, 5.74) is 1.47. The summed E-state index contributed by atoms with van der Waals surface area (Å²) in [6.07, 6.45) is 0. The summed E-state index contributed by atoms with van der Waals surface area (Å²) in [6, 6.07) is 7.67. The number of hydrogen-bond donors (Lipinski definition) is 1. The zero-order valence-electron chi connectivity index (χ0n) is 11.3. The Morgan fingerprint density at radius 3 is 2.67 bits per heavy atom. The van der Waals surface area contributed by atoms with Gasteiger partial charge in [-0.15, -0.1) is 0 Å². The molecule has 1 amide bonds. The first-order chi connectivity index (χ1) is 8.38. The molecule has 0 bridgehead atoms. The minimum absolute atomic E-state index is 0.0395. The topological polar surface area (TPSA) is 49.0 Å². The molecule has 96 valence electrons. The summed E-state index contributed by atoms with van der Waals surface area (Å²) < 4.78 is 0. The molecule has 0 spiro atoms. The lowest BCUT2D eigenvalue weighted by atomic mass is 9.96. The third-order valence-electron chi connectivity index (χ3n) is 2.73. The Hall–Kier alpha value is -1.84. The summed E-state index contributed by atoms with van der Waals surface area (Å²) >= 11 is 0. The smallest absolute Gasteiger partial charge is 0.274 e. The number of para-hydroxylation sites is 1. The van der Waals surface area contributed by atoms with Gasteiger partial charge < -0.3 is 4.90 Å². The van der Waals surface area contributed by atoms with Gasteiger partial charge in [0.1, 0.15) is 0 Å². The largest absolute Gasteiger partial charge is 0.340 e. The molecule has 2 rings (SSSR count). The van der Waals surface area contributed by atoms with E-state index in [1.54, 1.807) is 4.90 Å². The molecular weight excluding hydrogens is 226 g/mol. The fourth-order valence-electron chi connectivity index (χ4n) is 2.09. The van der Waals surface area contributed by atoms with Crippen LogP contribution < -0.4 is 0 Å². The number of nitrogens with one attached hydrogen (secondary N) is 1. The van der Waals surface area contributed by atoms with Crippen LogP contribution in [0.1, 0.15) is 31.3 Å². The lowest BCUT2D eigenvalue weighted by Crippen LogP contribution is -2.34. The number of hydrogen-bond acceptors (Lipinski definition) is 2. The van der Waals surface area contributed by atoms with Gasteiger partial charge in [-0.25, -0.2) is 0 Å². The fraction of sp³-hybridized carbons (Fsp3) is 0.429. The van der Waals surface area contributed by atoms with Crippen molar-refractivity contribution in [3.8, 4) is 0 Å². The van der Waals surface area contributed by atoms with Crippen molar-refractivity contribution in [3.63, 3.8) is 0 Å². The molecule has 0 saturated heterocycles. The number of benzene rings is 1. The van der Waals surface area contributed by atoms with Crippen LogP contribution in [-0.2, 0) is 0 Å². The maximum Gasteiger partial charge on any atom is 0.274 e. The zero-order valence-corrected chi connectivity index (χ0v) is 11.3. The Balaban J connectivity index is 2.29.